The third kappa shape index (κ3) is 5.61. The van der Waals surface area contributed by atoms with Gasteiger partial charge in [-0.3, -0.25) is 14.5 Å². The fraction of sp³-hybridized carbons (Fsp3) is 0.333. The van der Waals surface area contributed by atoms with Gasteiger partial charge in [0.25, 0.3) is 0 Å². The number of anilines is 1. The Hall–Kier alpha value is -4.47. The van der Waals surface area contributed by atoms with E-state index in [0.29, 0.717) is 28.2 Å². The summed E-state index contributed by atoms with van der Waals surface area (Å²) in [7, 11) is 2.99. The molecule has 0 spiro atoms. The molecule has 0 saturated heterocycles. The van der Waals surface area contributed by atoms with Crippen LogP contribution in [0.4, 0.5) is 10.1 Å². The number of aromatic nitrogens is 3. The second-order valence-electron chi connectivity index (χ2n) is 9.80. The van der Waals surface area contributed by atoms with Crippen LogP contribution in [-0.2, 0) is 16.1 Å². The van der Waals surface area contributed by atoms with E-state index in [4.69, 9.17) is 9.47 Å². The average Bonchev–Trinajstić information content (AvgIpc) is 3.39. The molecule has 4 aromatic rings. The van der Waals surface area contributed by atoms with Crippen molar-refractivity contribution in [1.82, 2.24) is 20.3 Å². The highest BCUT2D eigenvalue weighted by molar-refractivity contribution is 6.02. The Morgan fingerprint density at radius 2 is 1.77 bits per heavy atom. The van der Waals surface area contributed by atoms with E-state index in [1.165, 1.54) is 35.9 Å². The van der Waals surface area contributed by atoms with Gasteiger partial charge in [-0.2, -0.15) is 0 Å². The summed E-state index contributed by atoms with van der Waals surface area (Å²) in [5.41, 5.74) is 1.66. The third-order valence-electron chi connectivity index (χ3n) is 7.28. The summed E-state index contributed by atoms with van der Waals surface area (Å²) in [4.78, 5) is 29.6. The molecule has 208 valence electrons. The van der Waals surface area contributed by atoms with Gasteiger partial charge in [-0.15, -0.1) is 5.10 Å². The molecule has 0 aliphatic heterocycles. The molecule has 1 N–H and O–H groups in total. The molecule has 1 saturated carbocycles. The maximum atomic E-state index is 15.4. The zero-order valence-corrected chi connectivity index (χ0v) is 22.5. The normalized spacial score (nSPS) is 14.5. The van der Waals surface area contributed by atoms with Crippen LogP contribution in [0.5, 0.6) is 11.5 Å². The zero-order chi connectivity index (χ0) is 28.1. The Balaban J connectivity index is 1.63. The van der Waals surface area contributed by atoms with E-state index in [-0.39, 0.29) is 18.2 Å². The lowest BCUT2D eigenvalue weighted by Crippen LogP contribution is -2.48. The fourth-order valence-corrected chi connectivity index (χ4v) is 5.26. The van der Waals surface area contributed by atoms with E-state index in [2.05, 4.69) is 15.6 Å². The molecule has 1 heterocycles. The third-order valence-corrected chi connectivity index (χ3v) is 7.28. The highest BCUT2D eigenvalue weighted by Crippen LogP contribution is 2.38. The number of hydrogen-bond acceptors (Lipinski definition) is 6. The summed E-state index contributed by atoms with van der Waals surface area (Å²) in [5.74, 6) is -0.757. The van der Waals surface area contributed by atoms with Crippen molar-refractivity contribution in [1.29, 1.82) is 0 Å². The molecular formula is C30H32FN5O4. The van der Waals surface area contributed by atoms with Crippen LogP contribution in [0.1, 0.15) is 43.7 Å². The quantitative estimate of drug-likeness (QED) is 0.324. The summed E-state index contributed by atoms with van der Waals surface area (Å²) in [6.07, 6.45) is 4.79. The maximum absolute atomic E-state index is 15.4. The fourth-order valence-electron chi connectivity index (χ4n) is 5.26. The van der Waals surface area contributed by atoms with Gasteiger partial charge in [-0.05, 0) is 43.2 Å². The molecular weight excluding hydrogens is 513 g/mol. The van der Waals surface area contributed by atoms with Gasteiger partial charge in [0.1, 0.15) is 35.4 Å². The predicted octanol–water partition coefficient (Wildman–Crippen LogP) is 4.81. The molecule has 3 aromatic carbocycles. The van der Waals surface area contributed by atoms with Gasteiger partial charge in [0.2, 0.25) is 11.8 Å². The molecule has 1 fully saturated rings. The van der Waals surface area contributed by atoms with Gasteiger partial charge in [0, 0.05) is 17.7 Å². The lowest BCUT2D eigenvalue weighted by Gasteiger charge is -2.34. The van der Waals surface area contributed by atoms with Crippen LogP contribution in [-0.4, -0.2) is 47.1 Å². The van der Waals surface area contributed by atoms with E-state index >= 15 is 4.39 Å². The van der Waals surface area contributed by atoms with Gasteiger partial charge in [-0.25, -0.2) is 9.07 Å². The van der Waals surface area contributed by atoms with Gasteiger partial charge in [0.15, 0.2) is 0 Å². The lowest BCUT2D eigenvalue weighted by atomic mass is 9.94. The first-order valence-electron chi connectivity index (χ1n) is 13.4. The number of hydrogen-bond donors (Lipinski definition) is 1. The van der Waals surface area contributed by atoms with E-state index < -0.39 is 23.7 Å². The summed E-state index contributed by atoms with van der Waals surface area (Å²) in [6, 6.07) is 16.9. The number of nitrogens with zero attached hydrogens (tertiary/aromatic N) is 4. The highest BCUT2D eigenvalue weighted by Gasteiger charge is 2.37. The number of nitrogens with one attached hydrogen (secondary N) is 1. The minimum absolute atomic E-state index is 0.0514. The molecule has 0 unspecified atom stereocenters. The molecule has 1 atom stereocenters. The number of halogens is 1. The van der Waals surface area contributed by atoms with E-state index in [9.17, 15) is 9.59 Å². The maximum Gasteiger partial charge on any atom is 0.249 e. The Morgan fingerprint density at radius 3 is 2.52 bits per heavy atom. The lowest BCUT2D eigenvalue weighted by molar-refractivity contribution is -0.127. The van der Waals surface area contributed by atoms with Crippen LogP contribution in [0, 0.1) is 5.82 Å². The Bertz CT molecular complexity index is 1500. The largest absolute Gasteiger partial charge is 0.497 e. The monoisotopic (exact) mass is 545 g/mol. The first-order valence-corrected chi connectivity index (χ1v) is 13.4. The Morgan fingerprint density at radius 1 is 1.02 bits per heavy atom. The molecule has 1 aliphatic rings. The molecule has 5 rings (SSSR count). The van der Waals surface area contributed by atoms with Gasteiger partial charge in [-0.1, -0.05) is 54.8 Å². The van der Waals surface area contributed by atoms with Crippen molar-refractivity contribution in [2.45, 2.75) is 50.7 Å². The average molecular weight is 546 g/mol. The standard InChI is InChI=1S/C30H32FN5O4/c1-39-21-16-17-26(27(18-21)40-2)36(28(37)19-35-25-15-9-8-14-24(25)33-34-35)29(22-12-6-7-13-23(22)31)30(38)32-20-10-4-3-5-11-20/h6-9,12-18,20,29H,3-5,10-11,19H2,1-2H3,(H,32,38)/t29-/m1/s1. The van der Waals surface area contributed by atoms with Crippen molar-refractivity contribution in [3.05, 3.63) is 78.1 Å². The first-order chi connectivity index (χ1) is 19.5. The molecule has 2 amide bonds. The molecule has 9 nitrogen and oxygen atoms in total. The molecule has 1 aliphatic carbocycles. The number of benzene rings is 3. The second-order valence-corrected chi connectivity index (χ2v) is 9.80. The number of amides is 2. The van der Waals surface area contributed by atoms with Crippen LogP contribution in [0.2, 0.25) is 0 Å². The van der Waals surface area contributed by atoms with Crippen LogP contribution in [0.3, 0.4) is 0 Å². The van der Waals surface area contributed by atoms with Gasteiger partial charge < -0.3 is 14.8 Å². The number of para-hydroxylation sites is 1. The minimum atomic E-state index is -1.31. The highest BCUT2D eigenvalue weighted by atomic mass is 19.1. The number of carbonyl (C=O) groups excluding carboxylic acids is 2. The number of fused-ring (bicyclic) bond motifs is 1. The predicted molar refractivity (Wildman–Crippen MR) is 149 cm³/mol. The van der Waals surface area contributed by atoms with Crippen LogP contribution < -0.4 is 19.7 Å². The van der Waals surface area contributed by atoms with Crippen molar-refractivity contribution in [3.63, 3.8) is 0 Å². The molecule has 1 aromatic heterocycles. The van der Waals surface area contributed by atoms with Crippen molar-refractivity contribution >= 4 is 28.5 Å². The number of methoxy groups -OCH3 is 2. The Kier molecular flexibility index (Phi) is 8.23. The summed E-state index contributed by atoms with van der Waals surface area (Å²) >= 11 is 0. The number of rotatable bonds is 9. The molecule has 40 heavy (non-hydrogen) atoms. The summed E-state index contributed by atoms with van der Waals surface area (Å²) < 4.78 is 27.9. The summed E-state index contributed by atoms with van der Waals surface area (Å²) in [5, 5.41) is 11.4. The van der Waals surface area contributed by atoms with E-state index in [1.54, 1.807) is 36.4 Å². The van der Waals surface area contributed by atoms with Crippen LogP contribution in [0.25, 0.3) is 11.0 Å². The van der Waals surface area contributed by atoms with Gasteiger partial charge >= 0.3 is 0 Å². The number of carbonyl (C=O) groups is 2. The molecule has 0 radical (unpaired) electrons. The molecule has 0 bridgehead atoms. The van der Waals surface area contributed by atoms with E-state index in [0.717, 1.165) is 32.1 Å². The van der Waals surface area contributed by atoms with Crippen molar-refractivity contribution in [2.24, 2.45) is 0 Å². The first kappa shape index (κ1) is 27.1. The molecule has 10 heteroatoms. The summed E-state index contributed by atoms with van der Waals surface area (Å²) in [6.45, 7) is -0.239. The van der Waals surface area contributed by atoms with Gasteiger partial charge in [0.05, 0.1) is 25.4 Å². The number of ether oxygens (including phenoxy) is 2. The minimum Gasteiger partial charge on any atom is -0.497 e. The van der Waals surface area contributed by atoms with Crippen LogP contribution in [0.15, 0.2) is 66.7 Å². The van der Waals surface area contributed by atoms with Crippen LogP contribution >= 0.6 is 0 Å². The Labute approximate surface area is 231 Å². The van der Waals surface area contributed by atoms with Crippen molar-refractivity contribution < 1.29 is 23.5 Å². The van der Waals surface area contributed by atoms with Crippen molar-refractivity contribution in [3.8, 4) is 11.5 Å². The second kappa shape index (κ2) is 12.1. The van der Waals surface area contributed by atoms with Crippen molar-refractivity contribution in [2.75, 3.05) is 19.1 Å². The topological polar surface area (TPSA) is 98.6 Å². The SMILES string of the molecule is COc1ccc(N(C(=O)Cn2nnc3ccccc32)[C@@H](C(=O)NC2CCCCC2)c2ccccc2F)c(OC)c1. The smallest absolute Gasteiger partial charge is 0.249 e. The zero-order valence-electron chi connectivity index (χ0n) is 22.5. The van der Waals surface area contributed by atoms with E-state index in [1.807, 2.05) is 18.2 Å².